The minimum Gasteiger partial charge on any atom is -0.320 e. The summed E-state index contributed by atoms with van der Waals surface area (Å²) in [7, 11) is 0. The maximum atomic E-state index is 12.2. The fourth-order valence-corrected chi connectivity index (χ4v) is 1.56. The molecule has 1 N–H and O–H groups in total. The molecule has 0 atom stereocenters. The van der Waals surface area contributed by atoms with Crippen LogP contribution in [0, 0.1) is 0 Å². The van der Waals surface area contributed by atoms with Crippen molar-refractivity contribution in [3.05, 3.63) is 32.2 Å². The van der Waals surface area contributed by atoms with Gasteiger partial charge in [-0.1, -0.05) is 0 Å². The third-order valence-corrected chi connectivity index (χ3v) is 2.61. The first-order valence-electron chi connectivity index (χ1n) is 3.32. The number of halogens is 4. The molecule has 0 aromatic carbocycles. The number of aromatic amines is 1. The Morgan fingerprint density at radius 1 is 1.62 bits per heavy atom. The number of alkyl halides is 3. The molecule has 72 valence electrons. The lowest BCUT2D eigenvalue weighted by atomic mass is 10.2. The number of hydrogen-bond acceptors (Lipinski definition) is 1. The van der Waals surface area contributed by atoms with Crippen LogP contribution in [0.3, 0.4) is 0 Å². The van der Waals surface area contributed by atoms with Crippen LogP contribution in [0.25, 0.3) is 0 Å². The molecule has 0 aliphatic carbocycles. The molecule has 0 saturated carbocycles. The summed E-state index contributed by atoms with van der Waals surface area (Å²) < 4.78 is 24.5. The molecule has 0 aliphatic heterocycles. The van der Waals surface area contributed by atoms with Crippen LogP contribution in [0.2, 0.25) is 0 Å². The molecular formula is C7H5BrClF2NO. The molecule has 0 bridgehead atoms. The summed E-state index contributed by atoms with van der Waals surface area (Å²) in [5.74, 6) is 0.0181. The smallest absolute Gasteiger partial charge is 0.278 e. The SMILES string of the molecule is O=c1[nH]c(C(F)F)cc(CCl)c1Br. The lowest BCUT2D eigenvalue weighted by Crippen LogP contribution is -2.12. The molecule has 0 saturated heterocycles. The van der Waals surface area contributed by atoms with E-state index in [1.54, 1.807) is 0 Å². The molecule has 1 heterocycles. The zero-order valence-corrected chi connectivity index (χ0v) is 8.62. The Hall–Kier alpha value is -0.420. The van der Waals surface area contributed by atoms with E-state index in [0.29, 0.717) is 5.56 Å². The summed E-state index contributed by atoms with van der Waals surface area (Å²) in [6, 6.07) is 1.17. The molecule has 0 aliphatic rings. The van der Waals surface area contributed by atoms with Gasteiger partial charge in [-0.2, -0.15) is 0 Å². The zero-order chi connectivity index (χ0) is 10.0. The van der Waals surface area contributed by atoms with E-state index in [4.69, 9.17) is 11.6 Å². The van der Waals surface area contributed by atoms with Gasteiger partial charge in [0.05, 0.1) is 10.2 Å². The molecule has 0 amide bonds. The van der Waals surface area contributed by atoms with Crippen molar-refractivity contribution in [3.8, 4) is 0 Å². The highest BCUT2D eigenvalue weighted by Gasteiger charge is 2.12. The third-order valence-electron chi connectivity index (χ3n) is 1.45. The minimum absolute atomic E-state index is 0.0181. The van der Waals surface area contributed by atoms with Crippen LogP contribution in [0.15, 0.2) is 15.3 Å². The van der Waals surface area contributed by atoms with Crippen molar-refractivity contribution in [1.82, 2.24) is 4.98 Å². The summed E-state index contributed by atoms with van der Waals surface area (Å²) in [5, 5.41) is 0. The lowest BCUT2D eigenvalue weighted by Gasteiger charge is -2.03. The largest absolute Gasteiger partial charge is 0.320 e. The molecular weight excluding hydrogens is 267 g/mol. The van der Waals surface area contributed by atoms with Crippen LogP contribution in [-0.4, -0.2) is 4.98 Å². The van der Waals surface area contributed by atoms with Crippen molar-refractivity contribution in [2.45, 2.75) is 12.3 Å². The van der Waals surface area contributed by atoms with E-state index in [1.807, 2.05) is 4.98 Å². The molecule has 1 aromatic rings. The number of pyridine rings is 1. The van der Waals surface area contributed by atoms with Gasteiger partial charge in [-0.25, -0.2) is 8.78 Å². The molecule has 0 unspecified atom stereocenters. The van der Waals surface area contributed by atoms with Gasteiger partial charge in [0.25, 0.3) is 12.0 Å². The highest BCUT2D eigenvalue weighted by molar-refractivity contribution is 9.10. The third kappa shape index (κ3) is 2.28. The fraction of sp³-hybridized carbons (Fsp3) is 0.286. The van der Waals surface area contributed by atoms with Gasteiger partial charge in [0.1, 0.15) is 0 Å². The quantitative estimate of drug-likeness (QED) is 0.825. The van der Waals surface area contributed by atoms with Crippen molar-refractivity contribution >= 4 is 27.5 Å². The van der Waals surface area contributed by atoms with Crippen molar-refractivity contribution in [3.63, 3.8) is 0 Å². The second kappa shape index (κ2) is 4.19. The summed E-state index contributed by atoms with van der Waals surface area (Å²) in [4.78, 5) is 13.1. The van der Waals surface area contributed by atoms with Crippen molar-refractivity contribution in [1.29, 1.82) is 0 Å². The molecule has 6 heteroatoms. The lowest BCUT2D eigenvalue weighted by molar-refractivity contribution is 0.145. The number of hydrogen-bond donors (Lipinski definition) is 1. The Morgan fingerprint density at radius 3 is 2.69 bits per heavy atom. The van der Waals surface area contributed by atoms with Gasteiger partial charge in [0, 0.05) is 5.88 Å². The second-order valence-electron chi connectivity index (χ2n) is 2.33. The topological polar surface area (TPSA) is 32.9 Å². The summed E-state index contributed by atoms with van der Waals surface area (Å²) in [6.07, 6.45) is -2.69. The summed E-state index contributed by atoms with van der Waals surface area (Å²) in [5.41, 5.74) is -0.641. The van der Waals surface area contributed by atoms with Gasteiger partial charge in [-0.15, -0.1) is 11.6 Å². The molecule has 1 rings (SSSR count). The first kappa shape index (κ1) is 10.7. The van der Waals surface area contributed by atoms with Crippen LogP contribution in [0.4, 0.5) is 8.78 Å². The van der Waals surface area contributed by atoms with Crippen molar-refractivity contribution in [2.24, 2.45) is 0 Å². The molecule has 0 radical (unpaired) electrons. The highest BCUT2D eigenvalue weighted by Crippen LogP contribution is 2.20. The number of rotatable bonds is 2. The second-order valence-corrected chi connectivity index (χ2v) is 3.39. The standard InChI is InChI=1S/C7H5BrClF2NO/c8-5-3(2-9)1-4(6(10)11)12-7(5)13/h1,6H,2H2,(H,12,13). The predicted octanol–water partition coefficient (Wildman–Crippen LogP) is 2.81. The Bertz CT molecular complexity index is 366. The van der Waals surface area contributed by atoms with E-state index >= 15 is 0 Å². The predicted molar refractivity (Wildman–Crippen MR) is 49.3 cm³/mol. The molecule has 1 aromatic heterocycles. The molecule has 0 spiro atoms. The van der Waals surface area contributed by atoms with Gasteiger partial charge in [0.15, 0.2) is 0 Å². The highest BCUT2D eigenvalue weighted by atomic mass is 79.9. The molecule has 13 heavy (non-hydrogen) atoms. The molecule has 0 fully saturated rings. The van der Waals surface area contributed by atoms with Crippen LogP contribution >= 0.6 is 27.5 Å². The Balaban J connectivity index is 3.31. The maximum absolute atomic E-state index is 12.2. The van der Waals surface area contributed by atoms with Crippen LogP contribution < -0.4 is 5.56 Å². The van der Waals surface area contributed by atoms with E-state index in [-0.39, 0.29) is 10.4 Å². The van der Waals surface area contributed by atoms with Crippen LogP contribution in [0.1, 0.15) is 17.7 Å². The first-order chi connectivity index (χ1) is 6.06. The Kier molecular flexibility index (Phi) is 3.44. The normalized spacial score (nSPS) is 10.8. The van der Waals surface area contributed by atoms with Gasteiger partial charge < -0.3 is 4.98 Å². The van der Waals surface area contributed by atoms with E-state index in [0.717, 1.165) is 0 Å². The number of H-pyrrole nitrogens is 1. The van der Waals surface area contributed by atoms with Gasteiger partial charge in [0.2, 0.25) is 0 Å². The maximum Gasteiger partial charge on any atom is 0.278 e. The average molecular weight is 272 g/mol. The van der Waals surface area contributed by atoms with E-state index < -0.39 is 17.7 Å². The Labute approximate surface area is 86.0 Å². The van der Waals surface area contributed by atoms with Crippen LogP contribution in [0.5, 0.6) is 0 Å². The van der Waals surface area contributed by atoms with E-state index in [9.17, 15) is 13.6 Å². The van der Waals surface area contributed by atoms with Crippen LogP contribution in [-0.2, 0) is 5.88 Å². The van der Waals surface area contributed by atoms with Gasteiger partial charge in [-0.3, -0.25) is 4.79 Å². The van der Waals surface area contributed by atoms with Crippen molar-refractivity contribution in [2.75, 3.05) is 0 Å². The van der Waals surface area contributed by atoms with Crippen molar-refractivity contribution < 1.29 is 8.78 Å². The van der Waals surface area contributed by atoms with Gasteiger partial charge in [-0.05, 0) is 27.6 Å². The fourth-order valence-electron chi connectivity index (χ4n) is 0.834. The summed E-state index contributed by atoms with van der Waals surface area (Å²) >= 11 is 8.40. The minimum atomic E-state index is -2.69. The monoisotopic (exact) mass is 271 g/mol. The zero-order valence-electron chi connectivity index (χ0n) is 6.28. The van der Waals surface area contributed by atoms with Gasteiger partial charge >= 0.3 is 0 Å². The first-order valence-corrected chi connectivity index (χ1v) is 4.64. The number of aromatic nitrogens is 1. The Morgan fingerprint density at radius 2 is 2.23 bits per heavy atom. The van der Waals surface area contributed by atoms with E-state index in [2.05, 4.69) is 15.9 Å². The molecule has 2 nitrogen and oxygen atoms in total. The number of nitrogens with one attached hydrogen (secondary N) is 1. The summed E-state index contributed by atoms with van der Waals surface area (Å²) in [6.45, 7) is 0. The average Bonchev–Trinajstić information content (AvgIpc) is 2.09. The van der Waals surface area contributed by atoms with E-state index in [1.165, 1.54) is 6.07 Å².